The third-order valence-electron chi connectivity index (χ3n) is 7.79. The monoisotopic (exact) mass is 632 g/mol. The number of amides is 4. The molecule has 3 aliphatic rings. The Hall–Kier alpha value is -2.85. The predicted molar refractivity (Wildman–Crippen MR) is 136 cm³/mol. The highest BCUT2D eigenvalue weighted by atomic mass is 32.2. The highest BCUT2D eigenvalue weighted by Gasteiger charge is 2.59. The highest BCUT2D eigenvalue weighted by molar-refractivity contribution is 7.94. The smallest absolute Gasteiger partial charge is 0.356 e. The van der Waals surface area contributed by atoms with Crippen molar-refractivity contribution in [1.82, 2.24) is 20.9 Å². The summed E-state index contributed by atoms with van der Waals surface area (Å²) in [6.45, 7) is 3.97. The number of nitrogens with zero attached hydrogens (tertiary/aromatic N) is 1. The summed E-state index contributed by atoms with van der Waals surface area (Å²) in [5.74, 6) is -11.0. The maximum Gasteiger partial charge on any atom is 0.471 e. The van der Waals surface area contributed by atoms with Crippen LogP contribution in [-0.4, -0.2) is 86.5 Å². The number of rotatable bonds is 8. The molecule has 4 amide bonds. The van der Waals surface area contributed by atoms with Gasteiger partial charge in [-0.25, -0.2) is 17.2 Å². The number of halogens is 6. The Morgan fingerprint density at radius 2 is 1.76 bits per heavy atom. The lowest BCUT2D eigenvalue weighted by Crippen LogP contribution is -2.60. The van der Waals surface area contributed by atoms with Gasteiger partial charge in [-0.05, 0) is 36.2 Å². The first kappa shape index (κ1) is 33.6. The highest BCUT2D eigenvalue weighted by Crippen LogP contribution is 2.50. The molecule has 1 saturated carbocycles. The number of likely N-dealkylation sites (tertiary alicyclic amines) is 1. The number of carbonyl (C=O) groups excluding carboxylic acids is 4. The molecule has 3 rings (SSSR count). The predicted octanol–water partition coefficient (Wildman–Crippen LogP) is 1.82. The second-order valence-electron chi connectivity index (χ2n) is 12.3. The van der Waals surface area contributed by atoms with Gasteiger partial charge in [-0.15, -0.1) is 0 Å². The summed E-state index contributed by atoms with van der Waals surface area (Å²) in [7, 11) is -4.36. The summed E-state index contributed by atoms with van der Waals surface area (Å²) in [6, 6.07) is -4.87. The summed E-state index contributed by atoms with van der Waals surface area (Å²) in [5.41, 5.74) is -1.31. The standard InChI is InChI=1S/C25H34F6N4O6S/c1-23(2,3)18(34-22(39)25(29,30)31)21(38)35-11-13-9-24(27,28)10-15(13)17(35)20(37)33-14(8-16(26)42(4,40)41)7-12-5-6-32-19(12)36/h8,12-15,17-18H,5-7,9-11H2,1-4H3,(H,32,36)(H,33,37)(H,34,39)/b16-8+/t12-,13+,14+,15+,17+,18-/m0/s1. The van der Waals surface area contributed by atoms with Crippen molar-refractivity contribution < 1.29 is 53.9 Å². The molecule has 2 aliphatic heterocycles. The van der Waals surface area contributed by atoms with Gasteiger partial charge in [0.05, 0.1) is 6.04 Å². The van der Waals surface area contributed by atoms with Crippen molar-refractivity contribution in [2.24, 2.45) is 23.2 Å². The summed E-state index contributed by atoms with van der Waals surface area (Å²) in [5, 5.41) is 4.95. The van der Waals surface area contributed by atoms with Crippen LogP contribution in [0.5, 0.6) is 0 Å². The van der Waals surface area contributed by atoms with Gasteiger partial charge in [-0.1, -0.05) is 20.8 Å². The molecule has 17 heteroatoms. The zero-order chi connectivity index (χ0) is 32.0. The maximum atomic E-state index is 14.5. The topological polar surface area (TPSA) is 142 Å². The van der Waals surface area contributed by atoms with Gasteiger partial charge in [-0.2, -0.15) is 17.6 Å². The molecule has 42 heavy (non-hydrogen) atoms. The van der Waals surface area contributed by atoms with Gasteiger partial charge in [0.1, 0.15) is 12.1 Å². The van der Waals surface area contributed by atoms with Gasteiger partial charge < -0.3 is 20.9 Å². The molecule has 6 atom stereocenters. The number of alkyl halides is 5. The van der Waals surface area contributed by atoms with Crippen molar-refractivity contribution in [3.8, 4) is 0 Å². The lowest BCUT2D eigenvalue weighted by atomic mass is 9.85. The minimum atomic E-state index is -5.33. The molecule has 238 valence electrons. The SMILES string of the molecule is CC(C)(C)[C@@H](NC(=O)C(F)(F)F)C(=O)N1C[C@H]2CC(F)(F)C[C@H]2[C@@H]1C(=O)N[C@@H](/C=C(\F)S(C)(=O)=O)C[C@@H]1CCNC1=O. The lowest BCUT2D eigenvalue weighted by molar-refractivity contribution is -0.176. The Balaban J connectivity index is 1.97. The molecule has 2 saturated heterocycles. The van der Waals surface area contributed by atoms with Crippen LogP contribution in [-0.2, 0) is 29.0 Å². The van der Waals surface area contributed by atoms with Gasteiger partial charge in [0.25, 0.3) is 0 Å². The van der Waals surface area contributed by atoms with Crippen LogP contribution in [0.25, 0.3) is 0 Å². The van der Waals surface area contributed by atoms with Crippen molar-refractivity contribution >= 4 is 33.5 Å². The largest absolute Gasteiger partial charge is 0.471 e. The number of carbonyl (C=O) groups is 4. The van der Waals surface area contributed by atoms with Crippen molar-refractivity contribution in [2.75, 3.05) is 19.3 Å². The molecule has 0 spiro atoms. The zero-order valence-corrected chi connectivity index (χ0v) is 24.2. The van der Waals surface area contributed by atoms with E-state index in [1.165, 1.54) is 20.8 Å². The summed E-state index contributed by atoms with van der Waals surface area (Å²) >= 11 is 0. The summed E-state index contributed by atoms with van der Waals surface area (Å²) in [4.78, 5) is 52.0. The Morgan fingerprint density at radius 1 is 1.14 bits per heavy atom. The summed E-state index contributed by atoms with van der Waals surface area (Å²) < 4.78 is 106. The molecule has 1 aliphatic carbocycles. The fourth-order valence-electron chi connectivity index (χ4n) is 5.78. The second kappa shape index (κ2) is 11.7. The van der Waals surface area contributed by atoms with Crippen LogP contribution in [0, 0.1) is 23.2 Å². The van der Waals surface area contributed by atoms with E-state index in [1.54, 1.807) is 5.32 Å². The van der Waals surface area contributed by atoms with E-state index in [9.17, 15) is 53.9 Å². The average molecular weight is 633 g/mol. The Bertz CT molecular complexity index is 1250. The molecule has 2 heterocycles. The van der Waals surface area contributed by atoms with Crippen molar-refractivity contribution in [1.29, 1.82) is 0 Å². The Morgan fingerprint density at radius 3 is 2.26 bits per heavy atom. The minimum Gasteiger partial charge on any atom is -0.356 e. The van der Waals surface area contributed by atoms with Crippen LogP contribution in [0.2, 0.25) is 0 Å². The van der Waals surface area contributed by atoms with Crippen LogP contribution >= 0.6 is 0 Å². The second-order valence-corrected chi connectivity index (χ2v) is 14.2. The number of hydrogen-bond acceptors (Lipinski definition) is 6. The molecule has 0 aromatic carbocycles. The average Bonchev–Trinajstić information content (AvgIpc) is 3.45. The van der Waals surface area contributed by atoms with Crippen LogP contribution in [0.15, 0.2) is 11.2 Å². The van der Waals surface area contributed by atoms with Crippen LogP contribution < -0.4 is 16.0 Å². The van der Waals surface area contributed by atoms with Gasteiger partial charge in [0.15, 0.2) is 0 Å². The number of fused-ring (bicyclic) bond motifs is 1. The van der Waals surface area contributed by atoms with E-state index in [1.807, 2.05) is 0 Å². The first-order valence-electron chi connectivity index (χ1n) is 13.2. The molecule has 10 nitrogen and oxygen atoms in total. The van der Waals surface area contributed by atoms with Crippen LogP contribution in [0.1, 0.15) is 46.5 Å². The quantitative estimate of drug-likeness (QED) is 0.349. The summed E-state index contributed by atoms with van der Waals surface area (Å²) in [6.07, 6.45) is -5.67. The van der Waals surface area contributed by atoms with Crippen molar-refractivity contribution in [3.05, 3.63) is 11.2 Å². The van der Waals surface area contributed by atoms with Gasteiger partial charge in [-0.3, -0.25) is 19.2 Å². The number of hydrogen-bond donors (Lipinski definition) is 3. The number of nitrogens with one attached hydrogen (secondary N) is 3. The maximum absolute atomic E-state index is 14.5. The molecular weight excluding hydrogens is 598 g/mol. The van der Waals surface area contributed by atoms with E-state index in [2.05, 4.69) is 10.6 Å². The van der Waals surface area contributed by atoms with E-state index in [0.717, 1.165) is 4.90 Å². The zero-order valence-electron chi connectivity index (χ0n) is 23.4. The Labute approximate surface area is 238 Å². The molecule has 0 unspecified atom stereocenters. The normalized spacial score (nSPS) is 27.7. The molecule has 0 aromatic rings. The van der Waals surface area contributed by atoms with Gasteiger partial charge in [0, 0.05) is 38.1 Å². The van der Waals surface area contributed by atoms with E-state index in [0.29, 0.717) is 12.3 Å². The van der Waals surface area contributed by atoms with Crippen molar-refractivity contribution in [2.45, 2.75) is 76.7 Å². The fourth-order valence-corrected chi connectivity index (χ4v) is 6.19. The van der Waals surface area contributed by atoms with E-state index >= 15 is 0 Å². The minimum absolute atomic E-state index is 0.252. The molecule has 0 radical (unpaired) electrons. The first-order valence-corrected chi connectivity index (χ1v) is 15.1. The molecule has 3 fully saturated rings. The van der Waals surface area contributed by atoms with E-state index in [4.69, 9.17) is 0 Å². The first-order chi connectivity index (χ1) is 19.0. The molecule has 0 bridgehead atoms. The molecule has 3 N–H and O–H groups in total. The van der Waals surface area contributed by atoms with Gasteiger partial charge >= 0.3 is 12.1 Å². The van der Waals surface area contributed by atoms with Gasteiger partial charge in [0.2, 0.25) is 38.6 Å². The molecular formula is C25H34F6N4O6S. The fraction of sp³-hybridized carbons (Fsp3) is 0.760. The molecule has 0 aromatic heterocycles. The lowest BCUT2D eigenvalue weighted by Gasteiger charge is -2.37. The Kier molecular flexibility index (Phi) is 9.36. The van der Waals surface area contributed by atoms with Crippen LogP contribution in [0.3, 0.4) is 0 Å². The van der Waals surface area contributed by atoms with Crippen LogP contribution in [0.4, 0.5) is 26.3 Å². The third-order valence-corrected chi connectivity index (χ3v) is 8.63. The number of sulfone groups is 1. The van der Waals surface area contributed by atoms with E-state index in [-0.39, 0.29) is 19.4 Å². The third kappa shape index (κ3) is 7.75. The van der Waals surface area contributed by atoms with Crippen molar-refractivity contribution in [3.63, 3.8) is 0 Å². The van der Waals surface area contributed by atoms with E-state index < -0.39 is 111 Å².